The standard InChI is InChI=1S/C22H18ClN5O2S/c23-16-6-5-15(25-20(29)14-2-1-3-14)11-17(16)26-22-27-21(30)18(31-22)10-13-4-7-19-24-8-9-28(19)12-13/h4-12,14H,1-3H2,(H,25,29)(H,26,27,30). The zero-order chi connectivity index (χ0) is 21.4. The Labute approximate surface area is 187 Å². The lowest BCUT2D eigenvalue weighted by molar-refractivity contribution is -0.122. The molecule has 2 aromatic heterocycles. The molecule has 1 saturated heterocycles. The molecule has 1 aromatic carbocycles. The Hall–Kier alpha value is -3.10. The molecule has 0 bridgehead atoms. The van der Waals surface area contributed by atoms with Crippen molar-refractivity contribution in [2.45, 2.75) is 19.3 Å². The van der Waals surface area contributed by atoms with Crippen molar-refractivity contribution in [3.63, 3.8) is 0 Å². The number of hydrogen-bond acceptors (Lipinski definition) is 5. The van der Waals surface area contributed by atoms with Gasteiger partial charge in [-0.2, -0.15) is 0 Å². The van der Waals surface area contributed by atoms with Gasteiger partial charge in [0.25, 0.3) is 5.91 Å². The zero-order valence-corrected chi connectivity index (χ0v) is 17.9. The van der Waals surface area contributed by atoms with Crippen molar-refractivity contribution in [1.82, 2.24) is 14.7 Å². The van der Waals surface area contributed by atoms with E-state index in [0.29, 0.717) is 26.5 Å². The first-order chi connectivity index (χ1) is 15.0. The van der Waals surface area contributed by atoms with Crippen LogP contribution in [0.25, 0.3) is 11.7 Å². The second-order valence-electron chi connectivity index (χ2n) is 7.42. The molecule has 2 aliphatic rings. The van der Waals surface area contributed by atoms with Crippen molar-refractivity contribution in [2.24, 2.45) is 10.9 Å². The summed E-state index contributed by atoms with van der Waals surface area (Å²) in [5.74, 6) is -0.111. The summed E-state index contributed by atoms with van der Waals surface area (Å²) in [5.41, 5.74) is 2.84. The molecule has 0 radical (unpaired) electrons. The molecule has 2 amide bonds. The summed E-state index contributed by atoms with van der Waals surface area (Å²) in [6, 6.07) is 8.95. The van der Waals surface area contributed by atoms with Crippen LogP contribution in [0.4, 0.5) is 11.4 Å². The summed E-state index contributed by atoms with van der Waals surface area (Å²) in [4.78, 5) is 33.9. The van der Waals surface area contributed by atoms with Gasteiger partial charge < -0.3 is 15.0 Å². The minimum atomic E-state index is -0.222. The van der Waals surface area contributed by atoms with Crippen LogP contribution in [0.3, 0.4) is 0 Å². The maximum absolute atomic E-state index is 12.4. The van der Waals surface area contributed by atoms with E-state index in [0.717, 1.165) is 30.5 Å². The summed E-state index contributed by atoms with van der Waals surface area (Å²) < 4.78 is 1.89. The summed E-state index contributed by atoms with van der Waals surface area (Å²) in [6.07, 6.45) is 10.2. The number of imidazole rings is 1. The maximum Gasteiger partial charge on any atom is 0.264 e. The SMILES string of the molecule is O=C1NC(=Nc2cc(NC(=O)C3CCC3)ccc2Cl)SC1=Cc1ccc2nccn2c1. The Kier molecular flexibility index (Phi) is 5.25. The first kappa shape index (κ1) is 19.8. The number of hydrogen-bond donors (Lipinski definition) is 2. The third-order valence-electron chi connectivity index (χ3n) is 5.27. The number of carbonyl (C=O) groups excluding carboxylic acids is 2. The molecule has 0 unspecified atom stereocenters. The van der Waals surface area contributed by atoms with E-state index in [1.54, 1.807) is 30.5 Å². The van der Waals surface area contributed by atoms with E-state index in [1.807, 2.05) is 28.9 Å². The molecule has 31 heavy (non-hydrogen) atoms. The summed E-state index contributed by atoms with van der Waals surface area (Å²) in [5, 5.41) is 6.56. The largest absolute Gasteiger partial charge is 0.326 e. The summed E-state index contributed by atoms with van der Waals surface area (Å²) in [6.45, 7) is 0. The van der Waals surface area contributed by atoms with Crippen LogP contribution < -0.4 is 10.6 Å². The monoisotopic (exact) mass is 451 g/mol. The van der Waals surface area contributed by atoms with Crippen LogP contribution in [-0.4, -0.2) is 26.4 Å². The quantitative estimate of drug-likeness (QED) is 0.566. The van der Waals surface area contributed by atoms with Crippen molar-refractivity contribution in [2.75, 3.05) is 5.32 Å². The second kappa shape index (κ2) is 8.20. The number of benzene rings is 1. The molecular formula is C22H18ClN5O2S. The van der Waals surface area contributed by atoms with Gasteiger partial charge in [0.1, 0.15) is 5.65 Å². The molecule has 7 nitrogen and oxygen atoms in total. The highest BCUT2D eigenvalue weighted by atomic mass is 35.5. The van der Waals surface area contributed by atoms with E-state index < -0.39 is 0 Å². The molecule has 156 valence electrons. The molecule has 2 N–H and O–H groups in total. The number of thioether (sulfide) groups is 1. The molecule has 1 saturated carbocycles. The van der Waals surface area contributed by atoms with Crippen LogP contribution in [0, 0.1) is 5.92 Å². The fraction of sp³-hybridized carbons (Fsp3) is 0.182. The predicted molar refractivity (Wildman–Crippen MR) is 123 cm³/mol. The number of carbonyl (C=O) groups is 2. The summed E-state index contributed by atoms with van der Waals surface area (Å²) >= 11 is 7.54. The van der Waals surface area contributed by atoms with Gasteiger partial charge in [0.15, 0.2) is 5.17 Å². The fourth-order valence-corrected chi connectivity index (χ4v) is 4.35. The van der Waals surface area contributed by atoms with Crippen molar-refractivity contribution in [3.8, 4) is 0 Å². The molecule has 0 spiro atoms. The lowest BCUT2D eigenvalue weighted by Gasteiger charge is -2.24. The first-order valence-electron chi connectivity index (χ1n) is 9.88. The predicted octanol–water partition coefficient (Wildman–Crippen LogP) is 4.62. The van der Waals surface area contributed by atoms with Crippen LogP contribution >= 0.6 is 23.4 Å². The average molecular weight is 452 g/mol. The van der Waals surface area contributed by atoms with Crippen molar-refractivity contribution >= 4 is 63.4 Å². The molecule has 2 fully saturated rings. The van der Waals surface area contributed by atoms with E-state index >= 15 is 0 Å². The molecule has 0 atom stereocenters. The van der Waals surface area contributed by atoms with E-state index in [4.69, 9.17) is 11.6 Å². The lowest BCUT2D eigenvalue weighted by Crippen LogP contribution is -2.27. The normalized spacial score (nSPS) is 19.1. The van der Waals surface area contributed by atoms with Gasteiger partial charge in [0, 0.05) is 30.2 Å². The van der Waals surface area contributed by atoms with Crippen LogP contribution in [0.1, 0.15) is 24.8 Å². The number of pyridine rings is 1. The van der Waals surface area contributed by atoms with Crippen molar-refractivity contribution in [3.05, 3.63) is 64.4 Å². The van der Waals surface area contributed by atoms with E-state index in [9.17, 15) is 9.59 Å². The maximum atomic E-state index is 12.4. The highest BCUT2D eigenvalue weighted by Crippen LogP contribution is 2.33. The lowest BCUT2D eigenvalue weighted by atomic mass is 9.85. The van der Waals surface area contributed by atoms with Crippen LogP contribution in [-0.2, 0) is 9.59 Å². The van der Waals surface area contributed by atoms with Gasteiger partial charge in [-0.3, -0.25) is 9.59 Å². The van der Waals surface area contributed by atoms with E-state index in [2.05, 4.69) is 20.6 Å². The van der Waals surface area contributed by atoms with Gasteiger partial charge in [-0.05, 0) is 66.6 Å². The number of amides is 2. The van der Waals surface area contributed by atoms with Crippen LogP contribution in [0.5, 0.6) is 0 Å². The molecule has 3 aromatic rings. The molecule has 1 aliphatic carbocycles. The molecule has 9 heteroatoms. The number of fused-ring (bicyclic) bond motifs is 1. The number of aromatic nitrogens is 2. The van der Waals surface area contributed by atoms with E-state index in [-0.39, 0.29) is 17.7 Å². The fourth-order valence-electron chi connectivity index (χ4n) is 3.35. The van der Waals surface area contributed by atoms with Crippen LogP contribution in [0.2, 0.25) is 5.02 Å². The Morgan fingerprint density at radius 1 is 1.32 bits per heavy atom. The van der Waals surface area contributed by atoms with Gasteiger partial charge >= 0.3 is 0 Å². The van der Waals surface area contributed by atoms with E-state index in [1.165, 1.54) is 11.8 Å². The highest BCUT2D eigenvalue weighted by Gasteiger charge is 2.26. The minimum Gasteiger partial charge on any atom is -0.326 e. The average Bonchev–Trinajstić information content (AvgIpc) is 3.29. The Morgan fingerprint density at radius 2 is 2.19 bits per heavy atom. The molecular weight excluding hydrogens is 434 g/mol. The minimum absolute atomic E-state index is 0.0239. The number of anilines is 1. The molecule has 1 aliphatic heterocycles. The third kappa shape index (κ3) is 4.22. The Bertz CT molecular complexity index is 1260. The highest BCUT2D eigenvalue weighted by molar-refractivity contribution is 8.18. The van der Waals surface area contributed by atoms with Crippen LogP contribution in [0.15, 0.2) is 58.8 Å². The zero-order valence-electron chi connectivity index (χ0n) is 16.3. The third-order valence-corrected chi connectivity index (χ3v) is 6.50. The molecule has 5 rings (SSSR count). The van der Waals surface area contributed by atoms with Gasteiger partial charge in [-0.25, -0.2) is 9.98 Å². The molecule has 3 heterocycles. The number of nitrogens with one attached hydrogen (secondary N) is 2. The van der Waals surface area contributed by atoms with Gasteiger partial charge in [-0.1, -0.05) is 18.0 Å². The second-order valence-corrected chi connectivity index (χ2v) is 8.86. The number of nitrogens with zero attached hydrogens (tertiary/aromatic N) is 3. The topological polar surface area (TPSA) is 87.9 Å². The number of amidine groups is 1. The van der Waals surface area contributed by atoms with Gasteiger partial charge in [0.05, 0.1) is 15.6 Å². The number of rotatable bonds is 4. The van der Waals surface area contributed by atoms with Crippen molar-refractivity contribution in [1.29, 1.82) is 0 Å². The Balaban J connectivity index is 1.35. The van der Waals surface area contributed by atoms with Gasteiger partial charge in [0.2, 0.25) is 5.91 Å². The van der Waals surface area contributed by atoms with Gasteiger partial charge in [-0.15, -0.1) is 0 Å². The Morgan fingerprint density at radius 3 is 3.00 bits per heavy atom. The van der Waals surface area contributed by atoms with Crippen molar-refractivity contribution < 1.29 is 9.59 Å². The smallest absolute Gasteiger partial charge is 0.264 e. The summed E-state index contributed by atoms with van der Waals surface area (Å²) in [7, 11) is 0. The number of halogens is 1. The number of aliphatic imine (C=N–C) groups is 1. The first-order valence-corrected chi connectivity index (χ1v) is 11.1.